The molecule has 0 aliphatic rings. The molecule has 0 aliphatic heterocycles. The van der Waals surface area contributed by atoms with Crippen LogP contribution in [-0.2, 0) is 8.85 Å². The summed E-state index contributed by atoms with van der Waals surface area (Å²) in [4.78, 5) is 0. The second-order valence-corrected chi connectivity index (χ2v) is 8.97. The van der Waals surface area contributed by atoms with Crippen LogP contribution in [0.5, 0.6) is 0 Å². The van der Waals surface area contributed by atoms with Gasteiger partial charge in [-0.05, 0) is 50.6 Å². The van der Waals surface area contributed by atoms with Crippen molar-refractivity contribution in [2.75, 3.05) is 4.43 Å². The van der Waals surface area contributed by atoms with Crippen molar-refractivity contribution in [1.29, 1.82) is 0 Å². The highest BCUT2D eigenvalue weighted by molar-refractivity contribution is 14.1. The van der Waals surface area contributed by atoms with Crippen molar-refractivity contribution in [1.82, 2.24) is 0 Å². The Hall–Kier alpha value is 0.867. The van der Waals surface area contributed by atoms with Gasteiger partial charge in [-0.3, -0.25) is 0 Å². The van der Waals surface area contributed by atoms with E-state index < -0.39 is 8.56 Å². The van der Waals surface area contributed by atoms with Crippen LogP contribution in [0.15, 0.2) is 0 Å². The van der Waals surface area contributed by atoms with Crippen LogP contribution in [0.4, 0.5) is 0 Å². The third kappa shape index (κ3) is 6.91. The summed E-state index contributed by atoms with van der Waals surface area (Å²) in [6.07, 6.45) is 1.77. The maximum absolute atomic E-state index is 6.11. The van der Waals surface area contributed by atoms with Crippen molar-refractivity contribution >= 4 is 31.2 Å². The molecular formula is C11H25IO2Si. The fraction of sp³-hybridized carbons (Fsp3) is 1.00. The van der Waals surface area contributed by atoms with Gasteiger partial charge in [0.1, 0.15) is 0 Å². The number of alkyl halides is 1. The van der Waals surface area contributed by atoms with Crippen LogP contribution in [0.25, 0.3) is 0 Å². The van der Waals surface area contributed by atoms with Crippen molar-refractivity contribution < 1.29 is 8.85 Å². The Labute approximate surface area is 110 Å². The van der Waals surface area contributed by atoms with E-state index >= 15 is 0 Å². The quantitative estimate of drug-likeness (QED) is 0.375. The Bertz CT molecular complexity index is 153. The highest BCUT2D eigenvalue weighted by atomic mass is 127. The number of rotatable bonds is 8. The van der Waals surface area contributed by atoms with Gasteiger partial charge in [-0.25, -0.2) is 0 Å². The summed E-state index contributed by atoms with van der Waals surface area (Å²) < 4.78 is 13.4. The molecule has 0 saturated heterocycles. The minimum absolute atomic E-state index is 0.282. The van der Waals surface area contributed by atoms with Crippen LogP contribution in [-0.4, -0.2) is 25.2 Å². The molecule has 0 atom stereocenters. The lowest BCUT2D eigenvalue weighted by Crippen LogP contribution is -2.45. The van der Waals surface area contributed by atoms with Gasteiger partial charge >= 0.3 is 8.56 Å². The van der Waals surface area contributed by atoms with E-state index in [0.29, 0.717) is 0 Å². The average Bonchev–Trinajstić information content (AvgIpc) is 2.12. The molecule has 0 rings (SSSR count). The molecule has 0 spiro atoms. The van der Waals surface area contributed by atoms with Gasteiger partial charge in [0.05, 0.1) is 0 Å². The van der Waals surface area contributed by atoms with E-state index in [0.717, 1.165) is 12.1 Å². The van der Waals surface area contributed by atoms with E-state index in [1.54, 1.807) is 0 Å². The summed E-state index contributed by atoms with van der Waals surface area (Å²) in [5, 5.41) is 0. The first-order chi connectivity index (χ1) is 6.95. The molecule has 0 aromatic carbocycles. The number of halogens is 1. The Kier molecular flexibility index (Phi) is 8.50. The molecule has 0 amide bonds. The van der Waals surface area contributed by atoms with E-state index in [2.05, 4.69) is 57.2 Å². The van der Waals surface area contributed by atoms with Crippen LogP contribution in [0.2, 0.25) is 12.1 Å². The Morgan fingerprint density at radius 1 is 1.07 bits per heavy atom. The zero-order valence-corrected chi connectivity index (χ0v) is 13.8. The molecule has 0 bridgehead atoms. The molecule has 15 heavy (non-hydrogen) atoms. The maximum atomic E-state index is 6.11. The van der Waals surface area contributed by atoms with Crippen molar-refractivity contribution in [2.45, 2.75) is 65.3 Å². The zero-order chi connectivity index (χ0) is 11.9. The van der Waals surface area contributed by atoms with Gasteiger partial charge in [-0.2, -0.15) is 0 Å². The highest BCUT2D eigenvalue weighted by Crippen LogP contribution is 2.24. The second kappa shape index (κ2) is 8.03. The molecular weight excluding hydrogens is 319 g/mol. The molecule has 0 aliphatic carbocycles. The van der Waals surface area contributed by atoms with E-state index in [1.165, 1.54) is 10.8 Å². The molecule has 0 saturated carbocycles. The summed E-state index contributed by atoms with van der Waals surface area (Å²) in [5.74, 6) is 0. The Morgan fingerprint density at radius 3 is 1.80 bits per heavy atom. The predicted molar refractivity (Wildman–Crippen MR) is 77.0 cm³/mol. The molecule has 92 valence electrons. The monoisotopic (exact) mass is 344 g/mol. The van der Waals surface area contributed by atoms with Gasteiger partial charge in [-0.15, -0.1) is 0 Å². The summed E-state index contributed by atoms with van der Waals surface area (Å²) in [6.45, 7) is 10.6. The first-order valence-corrected chi connectivity index (χ1v) is 9.63. The van der Waals surface area contributed by atoms with Crippen LogP contribution < -0.4 is 0 Å². The minimum atomic E-state index is -1.92. The standard InChI is InChI=1S/C11H25IO2Si/c1-6-15(9-7-8-12,13-10(2)3)14-11(4)5/h10-11H,6-9H2,1-5H3. The van der Waals surface area contributed by atoms with Gasteiger partial charge in [0.15, 0.2) is 0 Å². The lowest BCUT2D eigenvalue weighted by Gasteiger charge is -2.33. The van der Waals surface area contributed by atoms with Crippen LogP contribution in [0.3, 0.4) is 0 Å². The van der Waals surface area contributed by atoms with Gasteiger partial charge in [-0.1, -0.05) is 29.5 Å². The van der Waals surface area contributed by atoms with Crippen LogP contribution in [0.1, 0.15) is 41.0 Å². The smallest absolute Gasteiger partial charge is 0.338 e. The van der Waals surface area contributed by atoms with Gasteiger partial charge in [0.2, 0.25) is 0 Å². The molecule has 0 fully saturated rings. The molecule has 0 aromatic rings. The lowest BCUT2D eigenvalue weighted by atomic mass is 10.5. The van der Waals surface area contributed by atoms with Gasteiger partial charge < -0.3 is 8.85 Å². The first kappa shape index (κ1) is 15.9. The van der Waals surface area contributed by atoms with E-state index in [1.807, 2.05) is 0 Å². The van der Waals surface area contributed by atoms with Crippen LogP contribution in [0, 0.1) is 0 Å². The van der Waals surface area contributed by atoms with E-state index in [9.17, 15) is 0 Å². The zero-order valence-electron chi connectivity index (χ0n) is 10.7. The van der Waals surface area contributed by atoms with E-state index in [-0.39, 0.29) is 12.2 Å². The topological polar surface area (TPSA) is 18.5 Å². The fourth-order valence-electron chi connectivity index (χ4n) is 1.68. The molecule has 0 N–H and O–H groups in total. The predicted octanol–water partition coefficient (Wildman–Crippen LogP) is 4.12. The van der Waals surface area contributed by atoms with Crippen molar-refractivity contribution in [3.63, 3.8) is 0 Å². The SMILES string of the molecule is CC[Si](CCCI)(OC(C)C)OC(C)C. The van der Waals surface area contributed by atoms with Crippen molar-refractivity contribution in [3.8, 4) is 0 Å². The summed E-state index contributed by atoms with van der Waals surface area (Å²) in [6, 6.07) is 2.18. The molecule has 2 nitrogen and oxygen atoms in total. The lowest BCUT2D eigenvalue weighted by molar-refractivity contribution is 0.105. The molecule has 0 unspecified atom stereocenters. The first-order valence-electron chi connectivity index (χ1n) is 5.87. The summed E-state index contributed by atoms with van der Waals surface area (Å²) in [5.41, 5.74) is 0. The fourth-order valence-corrected chi connectivity index (χ4v) is 6.20. The van der Waals surface area contributed by atoms with E-state index in [4.69, 9.17) is 8.85 Å². The third-order valence-electron chi connectivity index (χ3n) is 2.13. The van der Waals surface area contributed by atoms with Crippen molar-refractivity contribution in [2.24, 2.45) is 0 Å². The Balaban J connectivity index is 4.44. The number of hydrogen-bond donors (Lipinski definition) is 0. The number of hydrogen-bond acceptors (Lipinski definition) is 2. The normalized spacial score (nSPS) is 12.8. The van der Waals surface area contributed by atoms with Crippen molar-refractivity contribution in [3.05, 3.63) is 0 Å². The molecule has 0 radical (unpaired) electrons. The molecule has 4 heteroatoms. The summed E-state index contributed by atoms with van der Waals surface area (Å²) >= 11 is 2.42. The van der Waals surface area contributed by atoms with Crippen LogP contribution >= 0.6 is 22.6 Å². The highest BCUT2D eigenvalue weighted by Gasteiger charge is 2.36. The molecule has 0 heterocycles. The maximum Gasteiger partial charge on any atom is 0.338 e. The summed E-state index contributed by atoms with van der Waals surface area (Å²) in [7, 11) is -1.92. The minimum Gasteiger partial charge on any atom is -0.392 e. The Morgan fingerprint density at radius 2 is 1.53 bits per heavy atom. The average molecular weight is 344 g/mol. The molecule has 0 aromatic heterocycles. The largest absolute Gasteiger partial charge is 0.392 e. The second-order valence-electron chi connectivity index (χ2n) is 4.39. The van der Waals surface area contributed by atoms with Gasteiger partial charge in [0.25, 0.3) is 0 Å². The van der Waals surface area contributed by atoms with Gasteiger partial charge in [0, 0.05) is 12.2 Å². The third-order valence-corrected chi connectivity index (χ3v) is 6.89.